The lowest BCUT2D eigenvalue weighted by atomic mass is 10.2. The molecule has 0 bridgehead atoms. The Labute approximate surface area is 183 Å². The second-order valence-corrected chi connectivity index (χ2v) is 7.73. The maximum Gasteiger partial charge on any atom is 0.302 e. The van der Waals surface area contributed by atoms with Gasteiger partial charge in [0.05, 0.1) is 17.1 Å². The fraction of sp³-hybridized carbons (Fsp3) is 0.167. The highest BCUT2D eigenvalue weighted by Gasteiger charge is 2.29. The van der Waals surface area contributed by atoms with E-state index in [0.29, 0.717) is 16.7 Å². The molecule has 0 spiro atoms. The van der Waals surface area contributed by atoms with Gasteiger partial charge in [0.1, 0.15) is 5.75 Å². The zero-order valence-electron chi connectivity index (χ0n) is 17.4. The number of carbonyl (C=O) groups excluding carboxylic acids is 1. The fourth-order valence-corrected chi connectivity index (χ4v) is 3.40. The molecule has 160 valence electrons. The summed E-state index contributed by atoms with van der Waals surface area (Å²) >= 11 is 0. The number of amides is 1. The van der Waals surface area contributed by atoms with Gasteiger partial charge in [-0.05, 0) is 61.4 Å². The first-order chi connectivity index (χ1) is 15.6. The van der Waals surface area contributed by atoms with E-state index in [0.717, 1.165) is 29.9 Å². The number of aromatic amines is 1. The minimum Gasteiger partial charge on any atom is -0.426 e. The number of pyridine rings is 1. The third kappa shape index (κ3) is 4.15. The average Bonchev–Trinajstić information content (AvgIpc) is 3.65. The Bertz CT molecular complexity index is 1350. The molecule has 8 heteroatoms. The van der Waals surface area contributed by atoms with E-state index < -0.39 is 0 Å². The summed E-state index contributed by atoms with van der Waals surface area (Å²) in [6, 6.07) is 16.9. The molecular formula is C24H21N5O3. The quantitative estimate of drug-likeness (QED) is 0.478. The van der Waals surface area contributed by atoms with Crippen molar-refractivity contribution in [2.45, 2.75) is 12.8 Å². The van der Waals surface area contributed by atoms with Gasteiger partial charge in [-0.15, -0.1) is 0 Å². The molecule has 2 heterocycles. The number of nitrogens with one attached hydrogen (secondary N) is 2. The molecule has 4 aromatic rings. The molecule has 0 saturated heterocycles. The monoisotopic (exact) mass is 427 g/mol. The molecule has 32 heavy (non-hydrogen) atoms. The zero-order valence-corrected chi connectivity index (χ0v) is 17.4. The number of fused-ring (bicyclic) bond motifs is 1. The van der Waals surface area contributed by atoms with Crippen LogP contribution in [0.4, 0.5) is 17.1 Å². The van der Waals surface area contributed by atoms with Crippen LogP contribution in [-0.4, -0.2) is 27.9 Å². The van der Waals surface area contributed by atoms with Crippen molar-refractivity contribution >= 4 is 33.9 Å². The van der Waals surface area contributed by atoms with Crippen LogP contribution >= 0.6 is 0 Å². The average molecular weight is 427 g/mol. The first-order valence-corrected chi connectivity index (χ1v) is 10.3. The Balaban J connectivity index is 1.31. The van der Waals surface area contributed by atoms with Crippen molar-refractivity contribution < 1.29 is 9.53 Å². The van der Waals surface area contributed by atoms with Crippen molar-refractivity contribution in [1.82, 2.24) is 15.0 Å². The van der Waals surface area contributed by atoms with Crippen molar-refractivity contribution in [3.05, 3.63) is 77.3 Å². The summed E-state index contributed by atoms with van der Waals surface area (Å²) in [5, 5.41) is 3.44. The van der Waals surface area contributed by atoms with Gasteiger partial charge in [-0.3, -0.25) is 19.6 Å². The van der Waals surface area contributed by atoms with Gasteiger partial charge < -0.3 is 15.0 Å². The number of hydrogen-bond donors (Lipinski definition) is 2. The van der Waals surface area contributed by atoms with Gasteiger partial charge >= 0.3 is 6.01 Å². The van der Waals surface area contributed by atoms with Crippen LogP contribution in [0.3, 0.4) is 0 Å². The zero-order chi connectivity index (χ0) is 22.1. The molecule has 0 atom stereocenters. The number of benzene rings is 2. The summed E-state index contributed by atoms with van der Waals surface area (Å²) in [6.07, 6.45) is 5.02. The first kappa shape index (κ1) is 19.7. The summed E-state index contributed by atoms with van der Waals surface area (Å²) in [4.78, 5) is 37.2. The van der Waals surface area contributed by atoms with Crippen molar-refractivity contribution in [3.8, 4) is 11.8 Å². The van der Waals surface area contributed by atoms with Gasteiger partial charge in [-0.1, -0.05) is 6.07 Å². The first-order valence-electron chi connectivity index (χ1n) is 10.3. The summed E-state index contributed by atoms with van der Waals surface area (Å²) in [5.74, 6) is 0.786. The molecule has 0 unspecified atom stereocenters. The summed E-state index contributed by atoms with van der Waals surface area (Å²) < 4.78 is 5.74. The lowest BCUT2D eigenvalue weighted by molar-refractivity contribution is -0.117. The van der Waals surface area contributed by atoms with E-state index in [1.54, 1.807) is 24.4 Å². The van der Waals surface area contributed by atoms with E-state index in [-0.39, 0.29) is 23.4 Å². The van der Waals surface area contributed by atoms with E-state index >= 15 is 0 Å². The van der Waals surface area contributed by atoms with Crippen LogP contribution in [-0.2, 0) is 4.79 Å². The number of nitrogens with zero attached hydrogens (tertiary/aromatic N) is 3. The van der Waals surface area contributed by atoms with Crippen molar-refractivity contribution in [2.75, 3.05) is 17.3 Å². The minimum absolute atomic E-state index is 0.0856. The summed E-state index contributed by atoms with van der Waals surface area (Å²) in [7, 11) is 1.95. The Kier molecular flexibility index (Phi) is 5.03. The Hall–Kier alpha value is -4.20. The Morgan fingerprint density at radius 2 is 1.94 bits per heavy atom. The fourth-order valence-electron chi connectivity index (χ4n) is 3.40. The standard InChI is InChI=1S/C24H21N5O3/c1-29(18-4-2-3-16(13-18)26-22(30)15-5-6-15)17-7-9-19(10-8-17)32-24-27-21-14-25-12-11-20(21)23(31)28-24/h2-4,7-15H,5-6H2,1H3,(H,26,30)(H,27,28,31). The predicted molar refractivity (Wildman–Crippen MR) is 123 cm³/mol. The smallest absolute Gasteiger partial charge is 0.302 e. The van der Waals surface area contributed by atoms with E-state index in [4.69, 9.17) is 4.74 Å². The van der Waals surface area contributed by atoms with Crippen molar-refractivity contribution in [2.24, 2.45) is 5.92 Å². The van der Waals surface area contributed by atoms with E-state index in [9.17, 15) is 9.59 Å². The molecule has 0 aliphatic heterocycles. The number of ether oxygens (including phenoxy) is 1. The molecule has 2 N–H and O–H groups in total. The van der Waals surface area contributed by atoms with Gasteiger partial charge in [-0.25, -0.2) is 0 Å². The van der Waals surface area contributed by atoms with Crippen LogP contribution in [0.2, 0.25) is 0 Å². The Morgan fingerprint density at radius 1 is 1.12 bits per heavy atom. The second-order valence-electron chi connectivity index (χ2n) is 7.73. The lowest BCUT2D eigenvalue weighted by Gasteiger charge is -2.20. The summed E-state index contributed by atoms with van der Waals surface area (Å²) in [5.41, 5.74) is 2.85. The normalized spacial score (nSPS) is 13.0. The number of hydrogen-bond acceptors (Lipinski definition) is 6. The molecule has 8 nitrogen and oxygen atoms in total. The molecule has 1 saturated carbocycles. The molecule has 1 aliphatic rings. The molecule has 5 rings (SSSR count). The van der Waals surface area contributed by atoms with E-state index in [2.05, 4.69) is 20.3 Å². The largest absolute Gasteiger partial charge is 0.426 e. The molecule has 2 aromatic carbocycles. The third-order valence-electron chi connectivity index (χ3n) is 5.37. The van der Waals surface area contributed by atoms with Crippen LogP contribution in [0.25, 0.3) is 10.9 Å². The highest BCUT2D eigenvalue weighted by Crippen LogP contribution is 2.32. The van der Waals surface area contributed by atoms with Crippen LogP contribution in [0.5, 0.6) is 11.8 Å². The number of anilines is 3. The SMILES string of the molecule is CN(c1ccc(Oc2nc3cnccc3c(=O)[nH]2)cc1)c1cccc(NC(=O)C2CC2)c1. The highest BCUT2D eigenvalue weighted by molar-refractivity contribution is 5.94. The predicted octanol–water partition coefficient (Wildman–Crippen LogP) is 4.23. The van der Waals surface area contributed by atoms with Crippen LogP contribution < -0.4 is 20.5 Å². The van der Waals surface area contributed by atoms with Crippen LogP contribution in [0.15, 0.2) is 71.8 Å². The number of carbonyl (C=O) groups is 1. The maximum absolute atomic E-state index is 12.2. The van der Waals surface area contributed by atoms with Crippen LogP contribution in [0.1, 0.15) is 12.8 Å². The van der Waals surface area contributed by atoms with E-state index in [1.807, 2.05) is 48.3 Å². The Morgan fingerprint density at radius 3 is 2.72 bits per heavy atom. The number of H-pyrrole nitrogens is 1. The van der Waals surface area contributed by atoms with Crippen molar-refractivity contribution in [3.63, 3.8) is 0 Å². The number of rotatable bonds is 6. The molecular weight excluding hydrogens is 406 g/mol. The minimum atomic E-state index is -0.280. The molecule has 2 aromatic heterocycles. The maximum atomic E-state index is 12.2. The molecule has 1 fully saturated rings. The summed E-state index contributed by atoms with van der Waals surface area (Å²) in [6.45, 7) is 0. The molecule has 1 aliphatic carbocycles. The second kappa shape index (κ2) is 8.14. The third-order valence-corrected chi connectivity index (χ3v) is 5.37. The molecule has 0 radical (unpaired) electrons. The molecule has 1 amide bonds. The van der Waals surface area contributed by atoms with Gasteiger partial charge in [0.25, 0.3) is 5.56 Å². The topological polar surface area (TPSA) is 100 Å². The lowest BCUT2D eigenvalue weighted by Crippen LogP contribution is -2.14. The van der Waals surface area contributed by atoms with Crippen molar-refractivity contribution in [1.29, 1.82) is 0 Å². The van der Waals surface area contributed by atoms with Crippen LogP contribution in [0, 0.1) is 5.92 Å². The number of aromatic nitrogens is 3. The van der Waals surface area contributed by atoms with E-state index in [1.165, 1.54) is 6.20 Å². The van der Waals surface area contributed by atoms with Gasteiger partial charge in [0.2, 0.25) is 5.91 Å². The van der Waals surface area contributed by atoms with Gasteiger partial charge in [0, 0.05) is 36.2 Å². The highest BCUT2D eigenvalue weighted by atomic mass is 16.5. The van der Waals surface area contributed by atoms with Gasteiger partial charge in [-0.2, -0.15) is 4.98 Å². The van der Waals surface area contributed by atoms with Gasteiger partial charge in [0.15, 0.2) is 0 Å².